The van der Waals surface area contributed by atoms with Crippen molar-refractivity contribution in [3.05, 3.63) is 23.4 Å². The van der Waals surface area contributed by atoms with Crippen LogP contribution in [-0.4, -0.2) is 23.0 Å². The predicted molar refractivity (Wildman–Crippen MR) is 86.7 cm³/mol. The molecule has 116 valence electrons. The number of amides is 1. The van der Waals surface area contributed by atoms with Gasteiger partial charge in [0.1, 0.15) is 5.82 Å². The third-order valence-corrected chi connectivity index (χ3v) is 4.09. The number of hydrogen-bond acceptors (Lipinski definition) is 3. The lowest BCUT2D eigenvalue weighted by Crippen LogP contribution is -2.45. The van der Waals surface area contributed by atoms with Crippen LogP contribution in [0.5, 0.6) is 0 Å². The van der Waals surface area contributed by atoms with Crippen LogP contribution >= 0.6 is 0 Å². The monoisotopic (exact) mass is 289 g/mol. The summed E-state index contributed by atoms with van der Waals surface area (Å²) >= 11 is 0. The van der Waals surface area contributed by atoms with Gasteiger partial charge in [-0.05, 0) is 57.6 Å². The Morgan fingerprint density at radius 1 is 1.33 bits per heavy atom. The van der Waals surface area contributed by atoms with Crippen LogP contribution in [0.1, 0.15) is 63.0 Å². The van der Waals surface area contributed by atoms with E-state index in [-0.39, 0.29) is 11.4 Å². The van der Waals surface area contributed by atoms with Gasteiger partial charge in [0.25, 0.3) is 5.91 Å². The Bertz CT molecular complexity index is 507. The predicted octanol–water partition coefficient (Wildman–Crippen LogP) is 3.38. The van der Waals surface area contributed by atoms with Crippen LogP contribution in [0.2, 0.25) is 0 Å². The quantitative estimate of drug-likeness (QED) is 0.809. The van der Waals surface area contributed by atoms with Crippen LogP contribution in [-0.2, 0) is 6.42 Å². The highest BCUT2D eigenvalue weighted by atomic mass is 16.1. The standard InChI is InChI=1S/C17H27N3O/c1-5-9-18-15-11-12(10-14(6-2)19-15)16(21)20-17(3,4)13-7-8-13/h10-11,13H,5-9H2,1-4H3,(H,18,19)(H,20,21). The largest absolute Gasteiger partial charge is 0.370 e. The first kappa shape index (κ1) is 15.8. The van der Waals surface area contributed by atoms with Crippen molar-refractivity contribution in [3.8, 4) is 0 Å². The van der Waals surface area contributed by atoms with Gasteiger partial charge in [0.2, 0.25) is 0 Å². The maximum Gasteiger partial charge on any atom is 0.251 e. The molecule has 0 saturated heterocycles. The lowest BCUT2D eigenvalue weighted by molar-refractivity contribution is 0.0903. The SMILES string of the molecule is CCCNc1cc(C(=O)NC(C)(C)C2CC2)cc(CC)n1. The third kappa shape index (κ3) is 4.19. The lowest BCUT2D eigenvalue weighted by atomic mass is 9.98. The second-order valence-electron chi connectivity index (χ2n) is 6.46. The summed E-state index contributed by atoms with van der Waals surface area (Å²) in [6.45, 7) is 9.26. The Balaban J connectivity index is 2.14. The third-order valence-electron chi connectivity index (χ3n) is 4.09. The van der Waals surface area contributed by atoms with E-state index in [0.29, 0.717) is 11.5 Å². The van der Waals surface area contributed by atoms with E-state index in [1.54, 1.807) is 0 Å². The molecule has 1 saturated carbocycles. The van der Waals surface area contributed by atoms with E-state index in [4.69, 9.17) is 0 Å². The second-order valence-corrected chi connectivity index (χ2v) is 6.46. The van der Waals surface area contributed by atoms with Crippen LogP contribution in [0.3, 0.4) is 0 Å². The number of nitrogens with zero attached hydrogens (tertiary/aromatic N) is 1. The molecule has 1 heterocycles. The second kappa shape index (κ2) is 6.46. The number of pyridine rings is 1. The Hall–Kier alpha value is -1.58. The topological polar surface area (TPSA) is 54.0 Å². The summed E-state index contributed by atoms with van der Waals surface area (Å²) in [7, 11) is 0. The van der Waals surface area contributed by atoms with Crippen molar-refractivity contribution in [2.24, 2.45) is 5.92 Å². The van der Waals surface area contributed by atoms with Crippen LogP contribution < -0.4 is 10.6 Å². The zero-order valence-corrected chi connectivity index (χ0v) is 13.6. The number of carbonyl (C=O) groups excluding carboxylic acids is 1. The van der Waals surface area contributed by atoms with Gasteiger partial charge < -0.3 is 10.6 Å². The molecule has 1 aliphatic carbocycles. The fourth-order valence-electron chi connectivity index (χ4n) is 2.52. The molecule has 21 heavy (non-hydrogen) atoms. The summed E-state index contributed by atoms with van der Waals surface area (Å²) in [6, 6.07) is 3.75. The van der Waals surface area contributed by atoms with E-state index in [1.165, 1.54) is 12.8 Å². The summed E-state index contributed by atoms with van der Waals surface area (Å²) in [5, 5.41) is 6.45. The van der Waals surface area contributed by atoms with Gasteiger partial charge in [-0.25, -0.2) is 4.98 Å². The molecule has 0 bridgehead atoms. The van der Waals surface area contributed by atoms with E-state index in [9.17, 15) is 4.79 Å². The van der Waals surface area contributed by atoms with Crippen molar-refractivity contribution < 1.29 is 4.79 Å². The van der Waals surface area contributed by atoms with Crippen LogP contribution in [0.4, 0.5) is 5.82 Å². The molecule has 2 rings (SSSR count). The van der Waals surface area contributed by atoms with E-state index in [0.717, 1.165) is 30.9 Å². The molecule has 1 aromatic rings. The smallest absolute Gasteiger partial charge is 0.251 e. The van der Waals surface area contributed by atoms with Gasteiger partial charge >= 0.3 is 0 Å². The zero-order valence-electron chi connectivity index (χ0n) is 13.6. The average Bonchev–Trinajstić information content (AvgIpc) is 3.29. The van der Waals surface area contributed by atoms with Gasteiger partial charge in [-0.3, -0.25) is 4.79 Å². The average molecular weight is 289 g/mol. The lowest BCUT2D eigenvalue weighted by Gasteiger charge is -2.26. The maximum atomic E-state index is 12.5. The molecule has 0 atom stereocenters. The van der Waals surface area contributed by atoms with Gasteiger partial charge in [-0.2, -0.15) is 0 Å². The van der Waals surface area contributed by atoms with Crippen LogP contribution in [0.25, 0.3) is 0 Å². The van der Waals surface area contributed by atoms with E-state index in [2.05, 4.69) is 43.3 Å². The van der Waals surface area contributed by atoms with Crippen molar-refractivity contribution >= 4 is 11.7 Å². The van der Waals surface area contributed by atoms with Crippen molar-refractivity contribution in [3.63, 3.8) is 0 Å². The highest BCUT2D eigenvalue weighted by Crippen LogP contribution is 2.39. The first-order chi connectivity index (χ1) is 9.96. The molecule has 1 aliphatic rings. The summed E-state index contributed by atoms with van der Waals surface area (Å²) in [5.41, 5.74) is 1.53. The maximum absolute atomic E-state index is 12.5. The minimum atomic E-state index is -0.121. The molecule has 4 heteroatoms. The zero-order chi connectivity index (χ0) is 15.5. The number of aryl methyl sites for hydroxylation is 1. The number of nitrogens with one attached hydrogen (secondary N) is 2. The fraction of sp³-hybridized carbons (Fsp3) is 0.647. The number of anilines is 1. The summed E-state index contributed by atoms with van der Waals surface area (Å²) in [5.74, 6) is 1.42. The highest BCUT2D eigenvalue weighted by molar-refractivity contribution is 5.95. The van der Waals surface area contributed by atoms with Gasteiger partial charge in [0.15, 0.2) is 0 Å². The molecule has 2 N–H and O–H groups in total. The summed E-state index contributed by atoms with van der Waals surface area (Å²) in [6.07, 6.45) is 4.29. The molecule has 1 amide bonds. The molecule has 4 nitrogen and oxygen atoms in total. The molecule has 1 fully saturated rings. The van der Waals surface area contributed by atoms with Gasteiger partial charge in [0.05, 0.1) is 0 Å². The first-order valence-corrected chi connectivity index (χ1v) is 8.03. The van der Waals surface area contributed by atoms with Crippen LogP contribution in [0.15, 0.2) is 12.1 Å². The minimum Gasteiger partial charge on any atom is -0.370 e. The van der Waals surface area contributed by atoms with Gasteiger partial charge in [0, 0.05) is 23.3 Å². The summed E-state index contributed by atoms with van der Waals surface area (Å²) < 4.78 is 0. The molecule has 0 spiro atoms. The molecule has 1 aromatic heterocycles. The number of aromatic nitrogens is 1. The van der Waals surface area contributed by atoms with Gasteiger partial charge in [-0.1, -0.05) is 13.8 Å². The summed E-state index contributed by atoms with van der Waals surface area (Å²) in [4.78, 5) is 17.0. The fourth-order valence-corrected chi connectivity index (χ4v) is 2.52. The number of carbonyl (C=O) groups is 1. The Kier molecular flexibility index (Phi) is 4.86. The van der Waals surface area contributed by atoms with E-state index in [1.807, 2.05) is 12.1 Å². The van der Waals surface area contributed by atoms with Gasteiger partial charge in [-0.15, -0.1) is 0 Å². The van der Waals surface area contributed by atoms with Crippen LogP contribution in [0, 0.1) is 5.92 Å². The molecular formula is C17H27N3O. The first-order valence-electron chi connectivity index (χ1n) is 8.03. The molecule has 0 aliphatic heterocycles. The molecular weight excluding hydrogens is 262 g/mol. The van der Waals surface area contributed by atoms with Crippen molar-refractivity contribution in [1.29, 1.82) is 0 Å². The van der Waals surface area contributed by atoms with Crippen molar-refractivity contribution in [1.82, 2.24) is 10.3 Å². The number of hydrogen-bond donors (Lipinski definition) is 2. The highest BCUT2D eigenvalue weighted by Gasteiger charge is 2.38. The Morgan fingerprint density at radius 3 is 2.62 bits per heavy atom. The minimum absolute atomic E-state index is 0.00329. The van der Waals surface area contributed by atoms with E-state index < -0.39 is 0 Å². The normalized spacial score (nSPS) is 14.9. The van der Waals surface area contributed by atoms with Crippen molar-refractivity contribution in [2.45, 2.75) is 58.9 Å². The van der Waals surface area contributed by atoms with E-state index >= 15 is 0 Å². The Labute approximate surface area is 127 Å². The molecule has 0 aromatic carbocycles. The molecule has 0 radical (unpaired) electrons. The van der Waals surface area contributed by atoms with Crippen molar-refractivity contribution in [2.75, 3.05) is 11.9 Å². The Morgan fingerprint density at radius 2 is 2.05 bits per heavy atom. The number of rotatable bonds is 7. The molecule has 0 unspecified atom stereocenters.